The highest BCUT2D eigenvalue weighted by molar-refractivity contribution is 6.32. The van der Waals surface area contributed by atoms with Gasteiger partial charge in [0.1, 0.15) is 11.9 Å². The van der Waals surface area contributed by atoms with Gasteiger partial charge in [0, 0.05) is 44.6 Å². The van der Waals surface area contributed by atoms with Gasteiger partial charge in [-0.3, -0.25) is 9.80 Å². The van der Waals surface area contributed by atoms with E-state index in [1.807, 2.05) is 18.2 Å². The number of rotatable bonds is 4. The van der Waals surface area contributed by atoms with Crippen molar-refractivity contribution in [1.82, 2.24) is 14.7 Å². The largest absolute Gasteiger partial charge is 0.359 e. The molecular formula is C30H41ClN6O. The summed E-state index contributed by atoms with van der Waals surface area (Å²) in [5.41, 5.74) is 1.85. The molecule has 2 aliphatic carbocycles. The molecule has 2 saturated heterocycles. The molecule has 1 amide bonds. The van der Waals surface area contributed by atoms with Crippen LogP contribution in [-0.4, -0.2) is 78.8 Å². The highest BCUT2D eigenvalue weighted by Crippen LogP contribution is 2.53. The minimum Gasteiger partial charge on any atom is -0.359 e. The molecule has 1 aromatic carbocycles. The lowest BCUT2D eigenvalue weighted by Crippen LogP contribution is -2.52. The van der Waals surface area contributed by atoms with Gasteiger partial charge in [0.05, 0.1) is 22.3 Å². The average molecular weight is 537 g/mol. The van der Waals surface area contributed by atoms with Crippen LogP contribution >= 0.6 is 11.6 Å². The van der Waals surface area contributed by atoms with Crippen molar-refractivity contribution >= 4 is 29.0 Å². The van der Waals surface area contributed by atoms with Gasteiger partial charge in [-0.2, -0.15) is 10.4 Å². The second-order valence-corrected chi connectivity index (χ2v) is 13.1. The van der Waals surface area contributed by atoms with Gasteiger partial charge < -0.3 is 14.7 Å². The fraction of sp³-hybridized carbons (Fsp3) is 0.700. The van der Waals surface area contributed by atoms with E-state index in [1.54, 1.807) is 0 Å². The Balaban J connectivity index is 1.08. The lowest BCUT2D eigenvalue weighted by molar-refractivity contribution is -0.144. The molecule has 0 N–H and O–H groups in total. The number of hydrogen-bond acceptors (Lipinski definition) is 6. The summed E-state index contributed by atoms with van der Waals surface area (Å²) < 4.78 is 0. The van der Waals surface area contributed by atoms with Crippen LogP contribution in [0.4, 0.5) is 5.69 Å². The topological polar surface area (TPSA) is 66.2 Å². The number of halogens is 1. The smallest absolute Gasteiger partial charge is 0.225 e. The number of likely N-dealkylation sites (tertiary alicyclic amines) is 2. The zero-order valence-corrected chi connectivity index (χ0v) is 23.7. The second-order valence-electron chi connectivity index (χ2n) is 12.7. The van der Waals surface area contributed by atoms with Gasteiger partial charge in [-0.15, -0.1) is 0 Å². The number of nitrogens with zero attached hydrogens (tertiary/aromatic N) is 6. The number of piperidine rings is 1. The Labute approximate surface area is 232 Å². The van der Waals surface area contributed by atoms with Crippen molar-refractivity contribution in [2.45, 2.75) is 76.3 Å². The standard InChI is InChI=1S/C30H41ClN6O/c1-34(2)25-9-12-36(20-25)29(38)23-17-30(18-23)10-13-35(14-11-30)28-16-27(21-5-3-4-6-21)37(33-28)24-8-7-22(19-32)26(31)15-24/h7-8,15,21,23,25,27H,3-6,9-14,16-18,20H2,1-2H3/t25-,27?/m0/s1. The number of hydrogen-bond donors (Lipinski definition) is 0. The third kappa shape index (κ3) is 4.79. The lowest BCUT2D eigenvalue weighted by Gasteiger charge is -2.52. The van der Waals surface area contributed by atoms with Crippen LogP contribution < -0.4 is 5.01 Å². The molecule has 1 spiro atoms. The molecule has 1 unspecified atom stereocenters. The molecule has 2 saturated carbocycles. The summed E-state index contributed by atoms with van der Waals surface area (Å²) in [6.45, 7) is 3.88. The predicted molar refractivity (Wildman–Crippen MR) is 151 cm³/mol. The van der Waals surface area contributed by atoms with Gasteiger partial charge in [0.2, 0.25) is 5.91 Å². The van der Waals surface area contributed by atoms with Crippen LogP contribution in [-0.2, 0) is 4.79 Å². The molecule has 204 valence electrons. The normalized spacial score (nSPS) is 27.8. The van der Waals surface area contributed by atoms with Crippen LogP contribution in [0.1, 0.15) is 69.8 Å². The number of nitriles is 1. The van der Waals surface area contributed by atoms with E-state index >= 15 is 0 Å². The predicted octanol–water partition coefficient (Wildman–Crippen LogP) is 4.95. The highest BCUT2D eigenvalue weighted by Gasteiger charge is 2.50. The van der Waals surface area contributed by atoms with Crippen molar-refractivity contribution in [2.24, 2.45) is 22.4 Å². The highest BCUT2D eigenvalue weighted by atomic mass is 35.5. The first kappa shape index (κ1) is 26.0. The Morgan fingerprint density at radius 2 is 1.87 bits per heavy atom. The first-order valence-electron chi connectivity index (χ1n) is 14.6. The molecular weight excluding hydrogens is 496 g/mol. The molecule has 38 heavy (non-hydrogen) atoms. The Bertz CT molecular complexity index is 1120. The van der Waals surface area contributed by atoms with Crippen molar-refractivity contribution in [3.63, 3.8) is 0 Å². The molecule has 1 aromatic rings. The summed E-state index contributed by atoms with van der Waals surface area (Å²) in [5, 5.41) is 17.2. The quantitative estimate of drug-likeness (QED) is 0.545. The lowest BCUT2D eigenvalue weighted by atomic mass is 9.57. The SMILES string of the molecule is CN(C)[C@H]1CCN(C(=O)C2CC3(CCN(C4=NN(c5ccc(C#N)c(Cl)c5)C(C5CCCC5)C4)CC3)C2)C1. The van der Waals surface area contributed by atoms with Crippen LogP contribution in [0.25, 0.3) is 0 Å². The number of amidine groups is 1. The van der Waals surface area contributed by atoms with Crippen molar-refractivity contribution in [2.75, 3.05) is 45.3 Å². The average Bonchev–Trinajstić information content (AvgIpc) is 3.67. The van der Waals surface area contributed by atoms with E-state index in [4.69, 9.17) is 16.7 Å². The van der Waals surface area contributed by atoms with Crippen molar-refractivity contribution in [1.29, 1.82) is 5.26 Å². The van der Waals surface area contributed by atoms with E-state index < -0.39 is 0 Å². The minimum absolute atomic E-state index is 0.231. The molecule has 0 aromatic heterocycles. The van der Waals surface area contributed by atoms with Gasteiger partial charge >= 0.3 is 0 Å². The van der Waals surface area contributed by atoms with Crippen molar-refractivity contribution < 1.29 is 4.79 Å². The third-order valence-corrected chi connectivity index (χ3v) is 10.6. The van der Waals surface area contributed by atoms with Crippen LogP contribution in [0, 0.1) is 28.6 Å². The Morgan fingerprint density at radius 3 is 2.50 bits per heavy atom. The maximum atomic E-state index is 13.1. The molecule has 3 aliphatic heterocycles. The Kier molecular flexibility index (Phi) is 7.07. The number of carbonyl (C=O) groups excluding carboxylic acids is 1. The van der Waals surface area contributed by atoms with E-state index in [0.29, 0.717) is 39.9 Å². The molecule has 2 atom stereocenters. The van der Waals surface area contributed by atoms with Gasteiger partial charge in [0.25, 0.3) is 0 Å². The molecule has 0 radical (unpaired) electrons. The summed E-state index contributed by atoms with van der Waals surface area (Å²) in [4.78, 5) is 20.0. The fourth-order valence-corrected chi connectivity index (χ4v) is 8.05. The Morgan fingerprint density at radius 1 is 1.13 bits per heavy atom. The molecule has 3 heterocycles. The number of carbonyl (C=O) groups is 1. The van der Waals surface area contributed by atoms with Crippen LogP contribution in [0.5, 0.6) is 0 Å². The second kappa shape index (κ2) is 10.4. The van der Waals surface area contributed by atoms with Gasteiger partial charge in [0.15, 0.2) is 0 Å². The fourth-order valence-electron chi connectivity index (χ4n) is 7.83. The molecule has 6 rings (SSSR count). The van der Waals surface area contributed by atoms with E-state index in [9.17, 15) is 10.1 Å². The maximum Gasteiger partial charge on any atom is 0.225 e. The zero-order valence-electron chi connectivity index (χ0n) is 22.9. The van der Waals surface area contributed by atoms with Crippen LogP contribution in [0.3, 0.4) is 0 Å². The molecule has 4 fully saturated rings. The van der Waals surface area contributed by atoms with E-state index in [-0.39, 0.29) is 5.92 Å². The summed E-state index contributed by atoms with van der Waals surface area (Å²) in [5.74, 6) is 2.49. The molecule has 5 aliphatic rings. The number of hydrazone groups is 1. The van der Waals surface area contributed by atoms with Gasteiger partial charge in [-0.25, -0.2) is 0 Å². The first-order valence-corrected chi connectivity index (χ1v) is 15.0. The summed E-state index contributed by atoms with van der Waals surface area (Å²) in [6, 6.07) is 8.77. The number of amides is 1. The maximum absolute atomic E-state index is 13.1. The monoisotopic (exact) mass is 536 g/mol. The zero-order chi connectivity index (χ0) is 26.4. The summed E-state index contributed by atoms with van der Waals surface area (Å²) >= 11 is 6.41. The molecule has 8 heteroatoms. The van der Waals surface area contributed by atoms with Crippen molar-refractivity contribution in [3.05, 3.63) is 28.8 Å². The van der Waals surface area contributed by atoms with Crippen LogP contribution in [0.2, 0.25) is 5.02 Å². The first-order chi connectivity index (χ1) is 18.4. The molecule has 0 bridgehead atoms. The van der Waals surface area contributed by atoms with E-state index in [0.717, 1.165) is 70.4 Å². The minimum atomic E-state index is 0.231. The van der Waals surface area contributed by atoms with Gasteiger partial charge in [-0.1, -0.05) is 24.4 Å². The van der Waals surface area contributed by atoms with Gasteiger partial charge in [-0.05, 0) is 88.6 Å². The summed E-state index contributed by atoms with van der Waals surface area (Å²) in [6.07, 6.45) is 11.7. The van der Waals surface area contributed by atoms with E-state index in [1.165, 1.54) is 31.5 Å². The number of likely N-dealkylation sites (N-methyl/N-ethyl adjacent to an activating group) is 1. The van der Waals surface area contributed by atoms with E-state index in [2.05, 4.69) is 39.9 Å². The van der Waals surface area contributed by atoms with Crippen LogP contribution in [0.15, 0.2) is 23.3 Å². The third-order valence-electron chi connectivity index (χ3n) is 10.3. The number of benzene rings is 1. The Hall–Kier alpha value is -2.30. The number of anilines is 1. The van der Waals surface area contributed by atoms with Crippen molar-refractivity contribution in [3.8, 4) is 6.07 Å². The summed E-state index contributed by atoms with van der Waals surface area (Å²) in [7, 11) is 4.24. The molecule has 7 nitrogen and oxygen atoms in total.